The average molecular weight is 349 g/mol. The molecule has 0 aromatic heterocycles. The van der Waals surface area contributed by atoms with Gasteiger partial charge < -0.3 is 0 Å². The molecule has 0 bridgehead atoms. The molecule has 0 saturated carbocycles. The summed E-state index contributed by atoms with van der Waals surface area (Å²) >= 11 is 17.0. The Morgan fingerprint density at radius 3 is 2.32 bits per heavy atom. The lowest BCUT2D eigenvalue weighted by molar-refractivity contribution is 0.296. The summed E-state index contributed by atoms with van der Waals surface area (Å²) in [4.78, 5) is -0.336. The third kappa shape index (κ3) is 3.16. The Labute approximate surface area is 127 Å². The largest absolute Gasteiger partial charge is 0.244 e. The van der Waals surface area contributed by atoms with Gasteiger partial charge in [0.05, 0.1) is 10.0 Å². The molecule has 1 aromatic rings. The average Bonchev–Trinajstić information content (AvgIpc) is 2.34. The molecule has 0 fully saturated rings. The van der Waals surface area contributed by atoms with Crippen LogP contribution in [0.15, 0.2) is 17.0 Å². The molecule has 0 radical (unpaired) electrons. The van der Waals surface area contributed by atoms with Gasteiger partial charge in [0, 0.05) is 18.5 Å². The monoisotopic (exact) mass is 347 g/mol. The van der Waals surface area contributed by atoms with Crippen LogP contribution in [-0.4, -0.2) is 31.2 Å². The molecular weight excluding hydrogens is 336 g/mol. The summed E-state index contributed by atoms with van der Waals surface area (Å²) in [5.74, 6) is -0.877. The Kier molecular flexibility index (Phi) is 5.13. The van der Waals surface area contributed by atoms with Crippen LogP contribution in [0.1, 0.15) is 13.8 Å². The summed E-state index contributed by atoms with van der Waals surface area (Å²) < 4.78 is 39.4. The number of alkyl halides is 1. The maximum Gasteiger partial charge on any atom is 0.244 e. The van der Waals surface area contributed by atoms with E-state index in [0.29, 0.717) is 0 Å². The molecule has 3 nitrogen and oxygen atoms in total. The molecule has 8 heteroatoms. The molecule has 19 heavy (non-hydrogen) atoms. The van der Waals surface area contributed by atoms with E-state index < -0.39 is 26.4 Å². The summed E-state index contributed by atoms with van der Waals surface area (Å²) in [7, 11) is -2.60. The number of hydrogen-bond donors (Lipinski definition) is 0. The van der Waals surface area contributed by atoms with Crippen LogP contribution < -0.4 is 0 Å². The van der Waals surface area contributed by atoms with Gasteiger partial charge in [-0.25, -0.2) is 12.8 Å². The smallest absolute Gasteiger partial charge is 0.207 e. The van der Waals surface area contributed by atoms with Gasteiger partial charge in [-0.05, 0) is 26.0 Å². The highest BCUT2D eigenvalue weighted by atomic mass is 35.5. The SMILES string of the molecule is CN(C(C)(C)CCl)S(=O)(=O)c1ccc(Cl)c(F)c1Cl. The van der Waals surface area contributed by atoms with E-state index in [1.54, 1.807) is 13.8 Å². The lowest BCUT2D eigenvalue weighted by atomic mass is 10.1. The molecule has 0 aliphatic heterocycles. The second-order valence-corrected chi connectivity index (χ2v) is 7.58. The van der Waals surface area contributed by atoms with Crippen molar-refractivity contribution in [3.63, 3.8) is 0 Å². The maximum absolute atomic E-state index is 13.6. The summed E-state index contributed by atoms with van der Waals surface area (Å²) in [6.07, 6.45) is 0. The van der Waals surface area contributed by atoms with Gasteiger partial charge in [-0.2, -0.15) is 4.31 Å². The van der Waals surface area contributed by atoms with Gasteiger partial charge in [0.2, 0.25) is 10.0 Å². The molecule has 1 aromatic carbocycles. The van der Waals surface area contributed by atoms with Crippen LogP contribution in [0, 0.1) is 5.82 Å². The molecule has 0 atom stereocenters. The fourth-order valence-corrected chi connectivity index (χ4v) is 3.74. The van der Waals surface area contributed by atoms with Crippen LogP contribution in [0.2, 0.25) is 10.0 Å². The van der Waals surface area contributed by atoms with Crippen molar-refractivity contribution >= 4 is 44.8 Å². The van der Waals surface area contributed by atoms with E-state index in [1.165, 1.54) is 13.1 Å². The van der Waals surface area contributed by atoms with E-state index in [2.05, 4.69) is 0 Å². The number of sulfonamides is 1. The highest BCUT2D eigenvalue weighted by Crippen LogP contribution is 2.33. The summed E-state index contributed by atoms with van der Waals surface area (Å²) in [5.41, 5.74) is -0.834. The van der Waals surface area contributed by atoms with Crippen LogP contribution >= 0.6 is 34.8 Å². The number of nitrogens with zero attached hydrogens (tertiary/aromatic N) is 1. The highest BCUT2D eigenvalue weighted by molar-refractivity contribution is 7.89. The number of hydrogen-bond acceptors (Lipinski definition) is 2. The molecule has 108 valence electrons. The first-order valence-electron chi connectivity index (χ1n) is 5.24. The van der Waals surface area contributed by atoms with Gasteiger partial charge in [0.15, 0.2) is 5.82 Å². The number of rotatable bonds is 4. The predicted molar refractivity (Wildman–Crippen MR) is 76.2 cm³/mol. The third-order valence-corrected chi connectivity index (χ3v) is 6.36. The van der Waals surface area contributed by atoms with E-state index in [1.807, 2.05) is 0 Å². The third-order valence-electron chi connectivity index (χ3n) is 2.82. The van der Waals surface area contributed by atoms with E-state index >= 15 is 0 Å². The molecular formula is C11H13Cl3FNO2S. The first kappa shape index (κ1) is 17.0. The molecule has 0 unspecified atom stereocenters. The van der Waals surface area contributed by atoms with E-state index in [4.69, 9.17) is 34.8 Å². The van der Waals surface area contributed by atoms with Crippen molar-refractivity contribution in [2.24, 2.45) is 0 Å². The Balaban J connectivity index is 3.41. The fourth-order valence-electron chi connectivity index (χ4n) is 1.26. The fraction of sp³-hybridized carbons (Fsp3) is 0.455. The normalized spacial score (nSPS) is 13.1. The molecule has 0 spiro atoms. The van der Waals surface area contributed by atoms with Crippen LogP contribution in [-0.2, 0) is 10.0 Å². The number of benzene rings is 1. The summed E-state index contributed by atoms with van der Waals surface area (Å²) in [6, 6.07) is 2.32. The van der Waals surface area contributed by atoms with Crippen molar-refractivity contribution in [3.05, 3.63) is 28.0 Å². The lowest BCUT2D eigenvalue weighted by Gasteiger charge is -2.33. The second-order valence-electron chi connectivity index (χ2n) is 4.59. The van der Waals surface area contributed by atoms with E-state index in [9.17, 15) is 12.8 Å². The van der Waals surface area contributed by atoms with Crippen molar-refractivity contribution < 1.29 is 12.8 Å². The Hall–Kier alpha value is -0.0700. The maximum atomic E-state index is 13.6. The predicted octanol–water partition coefficient (Wildman–Crippen LogP) is 3.77. The minimum absolute atomic E-state index is 0.0798. The van der Waals surface area contributed by atoms with Gasteiger partial charge in [-0.1, -0.05) is 23.2 Å². The molecule has 0 amide bonds. The van der Waals surface area contributed by atoms with E-state index in [0.717, 1.165) is 10.4 Å². The van der Waals surface area contributed by atoms with Crippen LogP contribution in [0.3, 0.4) is 0 Å². The standard InChI is InChI=1S/C11H13Cl3FNO2S/c1-11(2,6-12)16(3)19(17,18)8-5-4-7(13)10(15)9(8)14/h4-5H,6H2,1-3H3. The zero-order chi connectivity index (χ0) is 15.0. The van der Waals surface area contributed by atoms with Gasteiger partial charge in [-0.3, -0.25) is 0 Å². The van der Waals surface area contributed by atoms with Gasteiger partial charge in [0.1, 0.15) is 4.90 Å². The van der Waals surface area contributed by atoms with Crippen molar-refractivity contribution in [2.75, 3.05) is 12.9 Å². The zero-order valence-electron chi connectivity index (χ0n) is 10.5. The second kappa shape index (κ2) is 5.74. The zero-order valence-corrected chi connectivity index (χ0v) is 13.6. The van der Waals surface area contributed by atoms with Crippen LogP contribution in [0.25, 0.3) is 0 Å². The minimum atomic E-state index is -3.96. The van der Waals surface area contributed by atoms with Crippen LogP contribution in [0.5, 0.6) is 0 Å². The summed E-state index contributed by atoms with van der Waals surface area (Å²) in [6.45, 7) is 3.30. The Morgan fingerprint density at radius 2 is 1.84 bits per heavy atom. The summed E-state index contributed by atoms with van der Waals surface area (Å²) in [5, 5.41) is -0.757. The minimum Gasteiger partial charge on any atom is -0.207 e. The first-order valence-corrected chi connectivity index (χ1v) is 7.97. The van der Waals surface area contributed by atoms with E-state index in [-0.39, 0.29) is 15.8 Å². The van der Waals surface area contributed by atoms with Gasteiger partial charge >= 0.3 is 0 Å². The van der Waals surface area contributed by atoms with Crippen molar-refractivity contribution in [2.45, 2.75) is 24.3 Å². The first-order chi connectivity index (χ1) is 8.55. The molecule has 0 N–H and O–H groups in total. The molecule has 1 rings (SSSR count). The van der Waals surface area contributed by atoms with Crippen molar-refractivity contribution in [1.82, 2.24) is 4.31 Å². The van der Waals surface area contributed by atoms with Crippen LogP contribution in [0.4, 0.5) is 4.39 Å². The highest BCUT2D eigenvalue weighted by Gasteiger charge is 2.35. The van der Waals surface area contributed by atoms with Crippen molar-refractivity contribution in [3.8, 4) is 0 Å². The molecule has 0 aliphatic carbocycles. The molecule has 0 heterocycles. The quantitative estimate of drug-likeness (QED) is 0.613. The molecule has 0 aliphatic rings. The van der Waals surface area contributed by atoms with Gasteiger partial charge in [0.25, 0.3) is 0 Å². The molecule has 0 saturated heterocycles. The Morgan fingerprint density at radius 1 is 1.32 bits per heavy atom. The van der Waals surface area contributed by atoms with Crippen molar-refractivity contribution in [1.29, 1.82) is 0 Å². The van der Waals surface area contributed by atoms with Gasteiger partial charge in [-0.15, -0.1) is 11.6 Å². The number of halogens is 4. The Bertz CT molecular complexity index is 590. The topological polar surface area (TPSA) is 37.4 Å². The lowest BCUT2D eigenvalue weighted by Crippen LogP contribution is -2.46.